The summed E-state index contributed by atoms with van der Waals surface area (Å²) in [5.74, 6) is -0.183. The monoisotopic (exact) mass is 522 g/mol. The Morgan fingerprint density at radius 2 is 1.89 bits per heavy atom. The van der Waals surface area contributed by atoms with Crippen molar-refractivity contribution in [3.63, 3.8) is 0 Å². The Balaban J connectivity index is 1.54. The van der Waals surface area contributed by atoms with Crippen LogP contribution in [0.1, 0.15) is 29.2 Å². The Kier molecular flexibility index (Phi) is 7.93. The molecule has 0 atom stereocenters. The van der Waals surface area contributed by atoms with Crippen molar-refractivity contribution in [2.24, 2.45) is 0 Å². The molecule has 0 saturated carbocycles. The van der Waals surface area contributed by atoms with Crippen LogP contribution in [-0.2, 0) is 17.9 Å². The van der Waals surface area contributed by atoms with Crippen molar-refractivity contribution < 1.29 is 23.5 Å². The molecule has 36 heavy (non-hydrogen) atoms. The van der Waals surface area contributed by atoms with Gasteiger partial charge in [-0.25, -0.2) is 4.39 Å². The Hall–Kier alpha value is -3.80. The Morgan fingerprint density at radius 3 is 2.64 bits per heavy atom. The maximum Gasteiger partial charge on any atom is 0.293 e. The summed E-state index contributed by atoms with van der Waals surface area (Å²) < 4.78 is 25.8. The van der Waals surface area contributed by atoms with Gasteiger partial charge >= 0.3 is 0 Å². The van der Waals surface area contributed by atoms with Crippen LogP contribution in [0.25, 0.3) is 6.08 Å². The summed E-state index contributed by atoms with van der Waals surface area (Å²) in [4.78, 5) is 26.6. The summed E-state index contributed by atoms with van der Waals surface area (Å²) in [6, 6.07) is 18.6. The Labute approximate surface area is 216 Å². The lowest BCUT2D eigenvalue weighted by Gasteiger charge is -2.14. The number of carbonyl (C=O) groups excluding carboxylic acids is 2. The number of rotatable bonds is 8. The number of hydrogen-bond acceptors (Lipinski definition) is 6. The van der Waals surface area contributed by atoms with Gasteiger partial charge in [0.25, 0.3) is 11.1 Å². The topological polar surface area (TPSA) is 79.6 Å². The van der Waals surface area contributed by atoms with Crippen LogP contribution in [0, 0.1) is 17.1 Å². The van der Waals surface area contributed by atoms with E-state index in [9.17, 15) is 19.2 Å². The van der Waals surface area contributed by atoms with Crippen LogP contribution < -0.4 is 9.47 Å². The molecule has 1 saturated heterocycles. The minimum Gasteiger partial charge on any atom is -0.490 e. The number of imide groups is 1. The first-order valence-electron chi connectivity index (χ1n) is 11.0. The third-order valence-corrected chi connectivity index (χ3v) is 6.60. The van der Waals surface area contributed by atoms with Gasteiger partial charge in [-0.05, 0) is 60.7 Å². The predicted octanol–water partition coefficient (Wildman–Crippen LogP) is 6.56. The maximum atomic E-state index is 14.2. The highest BCUT2D eigenvalue weighted by atomic mass is 35.5. The quantitative estimate of drug-likeness (QED) is 0.311. The predicted molar refractivity (Wildman–Crippen MR) is 136 cm³/mol. The fourth-order valence-electron chi connectivity index (χ4n) is 3.54. The van der Waals surface area contributed by atoms with Gasteiger partial charge in [-0.15, -0.1) is 0 Å². The van der Waals surface area contributed by atoms with E-state index in [2.05, 4.69) is 6.07 Å². The van der Waals surface area contributed by atoms with Gasteiger partial charge in [-0.1, -0.05) is 41.9 Å². The molecule has 0 aliphatic carbocycles. The molecule has 1 aliphatic rings. The summed E-state index contributed by atoms with van der Waals surface area (Å²) in [6.07, 6.45) is 1.57. The van der Waals surface area contributed by atoms with Crippen LogP contribution in [0.3, 0.4) is 0 Å². The molecule has 0 N–H and O–H groups in total. The molecule has 182 valence electrons. The molecule has 1 heterocycles. The summed E-state index contributed by atoms with van der Waals surface area (Å²) in [5.41, 5.74) is 1.98. The number of carbonyl (C=O) groups is 2. The standard InChI is InChI=1S/C27H20ClFN2O4S/c1-2-34-24-12-17(10-11-23(24)35-16-19-7-4-3-6-18(19)14-30)13-25-26(32)31(27(33)36-25)15-20-21(28)8-5-9-22(20)29/h3-13H,2,15-16H2,1H3/b25-13+. The van der Waals surface area contributed by atoms with E-state index in [1.807, 2.05) is 19.1 Å². The summed E-state index contributed by atoms with van der Waals surface area (Å²) in [7, 11) is 0. The molecule has 3 aromatic rings. The van der Waals surface area contributed by atoms with E-state index in [1.165, 1.54) is 18.2 Å². The summed E-state index contributed by atoms with van der Waals surface area (Å²) in [5, 5.41) is 8.91. The van der Waals surface area contributed by atoms with Crippen LogP contribution in [-0.4, -0.2) is 22.7 Å². The normalized spacial score (nSPS) is 14.3. The van der Waals surface area contributed by atoms with Crippen LogP contribution in [0.5, 0.6) is 11.5 Å². The van der Waals surface area contributed by atoms with Crippen molar-refractivity contribution in [1.82, 2.24) is 4.90 Å². The molecule has 6 nitrogen and oxygen atoms in total. The van der Waals surface area contributed by atoms with Gasteiger partial charge in [0.15, 0.2) is 11.5 Å². The minimum atomic E-state index is -0.583. The maximum absolute atomic E-state index is 14.2. The molecule has 2 amide bonds. The number of benzene rings is 3. The molecule has 0 unspecified atom stereocenters. The zero-order valence-electron chi connectivity index (χ0n) is 19.2. The molecule has 3 aromatic carbocycles. The first-order chi connectivity index (χ1) is 17.4. The van der Waals surface area contributed by atoms with Crippen LogP contribution >= 0.6 is 23.4 Å². The van der Waals surface area contributed by atoms with Crippen molar-refractivity contribution in [1.29, 1.82) is 5.26 Å². The minimum absolute atomic E-state index is 0.0841. The Morgan fingerprint density at radius 1 is 1.08 bits per heavy atom. The molecular formula is C27H20ClFN2O4S. The van der Waals surface area contributed by atoms with E-state index in [0.717, 1.165) is 22.2 Å². The average Bonchev–Trinajstić information content (AvgIpc) is 3.13. The van der Waals surface area contributed by atoms with Gasteiger partial charge in [0, 0.05) is 16.1 Å². The van der Waals surface area contributed by atoms with E-state index in [0.29, 0.717) is 29.2 Å². The van der Waals surface area contributed by atoms with Gasteiger partial charge in [-0.3, -0.25) is 14.5 Å². The van der Waals surface area contributed by atoms with Gasteiger partial charge in [0.05, 0.1) is 29.7 Å². The molecule has 1 aliphatic heterocycles. The van der Waals surface area contributed by atoms with E-state index < -0.39 is 17.0 Å². The zero-order chi connectivity index (χ0) is 25.7. The number of ether oxygens (including phenoxy) is 2. The van der Waals surface area contributed by atoms with Gasteiger partial charge in [0.1, 0.15) is 12.4 Å². The molecule has 9 heteroatoms. The third-order valence-electron chi connectivity index (χ3n) is 5.34. The van der Waals surface area contributed by atoms with Gasteiger partial charge in [-0.2, -0.15) is 5.26 Å². The first-order valence-corrected chi connectivity index (χ1v) is 12.2. The van der Waals surface area contributed by atoms with Crippen LogP contribution in [0.2, 0.25) is 5.02 Å². The second-order valence-electron chi connectivity index (χ2n) is 7.66. The molecule has 0 spiro atoms. The molecule has 1 fully saturated rings. The number of halogens is 2. The SMILES string of the molecule is CCOc1cc(/C=C2/SC(=O)N(Cc3c(F)cccc3Cl)C2=O)ccc1OCc1ccccc1C#N. The second kappa shape index (κ2) is 11.3. The fraction of sp³-hybridized carbons (Fsp3) is 0.148. The summed E-state index contributed by atoms with van der Waals surface area (Å²) in [6.45, 7) is 2.14. The Bertz CT molecular complexity index is 1380. The number of nitriles is 1. The smallest absolute Gasteiger partial charge is 0.293 e. The number of thioether (sulfide) groups is 1. The first kappa shape index (κ1) is 25.3. The van der Waals surface area contributed by atoms with Crippen molar-refractivity contribution >= 4 is 40.6 Å². The lowest BCUT2D eigenvalue weighted by Crippen LogP contribution is -2.28. The lowest BCUT2D eigenvalue weighted by atomic mass is 10.1. The number of hydrogen-bond donors (Lipinski definition) is 0. The van der Waals surface area contributed by atoms with Gasteiger partial charge < -0.3 is 9.47 Å². The largest absolute Gasteiger partial charge is 0.490 e. The zero-order valence-corrected chi connectivity index (χ0v) is 20.7. The molecule has 0 aromatic heterocycles. The van der Waals surface area contributed by atoms with Crippen molar-refractivity contribution in [2.75, 3.05) is 6.61 Å². The number of amides is 2. The molecule has 0 radical (unpaired) electrons. The van der Waals surface area contributed by atoms with Crippen LogP contribution in [0.4, 0.5) is 9.18 Å². The molecular weight excluding hydrogens is 503 g/mol. The molecule has 4 rings (SSSR count). The van der Waals surface area contributed by atoms with Crippen molar-refractivity contribution in [3.8, 4) is 17.6 Å². The van der Waals surface area contributed by atoms with E-state index >= 15 is 0 Å². The molecule has 0 bridgehead atoms. The summed E-state index contributed by atoms with van der Waals surface area (Å²) >= 11 is 6.83. The van der Waals surface area contributed by atoms with Crippen LogP contribution in [0.15, 0.2) is 65.6 Å². The van der Waals surface area contributed by atoms with Crippen molar-refractivity contribution in [2.45, 2.75) is 20.1 Å². The highest BCUT2D eigenvalue weighted by Gasteiger charge is 2.36. The van der Waals surface area contributed by atoms with E-state index in [1.54, 1.807) is 36.4 Å². The van der Waals surface area contributed by atoms with E-state index in [-0.39, 0.29) is 28.6 Å². The van der Waals surface area contributed by atoms with Gasteiger partial charge in [0.2, 0.25) is 0 Å². The lowest BCUT2D eigenvalue weighted by molar-refractivity contribution is -0.123. The average molecular weight is 523 g/mol. The van der Waals surface area contributed by atoms with E-state index in [4.69, 9.17) is 21.1 Å². The fourth-order valence-corrected chi connectivity index (χ4v) is 4.60. The second-order valence-corrected chi connectivity index (χ2v) is 9.07. The number of nitrogens with zero attached hydrogens (tertiary/aromatic N) is 2. The highest BCUT2D eigenvalue weighted by Crippen LogP contribution is 2.36. The third kappa shape index (κ3) is 5.54. The van der Waals surface area contributed by atoms with Crippen molar-refractivity contribution in [3.05, 3.63) is 98.7 Å². The highest BCUT2D eigenvalue weighted by molar-refractivity contribution is 8.18.